The largest absolute Gasteiger partial charge is 0.347 e. The molecule has 21 heavy (non-hydrogen) atoms. The molecule has 1 atom stereocenters. The van der Waals surface area contributed by atoms with Gasteiger partial charge in [0, 0.05) is 5.69 Å². The Morgan fingerprint density at radius 2 is 2.00 bits per heavy atom. The van der Waals surface area contributed by atoms with Crippen LogP contribution in [0.25, 0.3) is 5.69 Å². The van der Waals surface area contributed by atoms with E-state index < -0.39 is 6.04 Å². The minimum Gasteiger partial charge on any atom is -0.347 e. The summed E-state index contributed by atoms with van der Waals surface area (Å²) in [4.78, 5) is 11.8. The van der Waals surface area contributed by atoms with Gasteiger partial charge in [-0.25, -0.2) is 0 Å². The smallest absolute Gasteiger partial charge is 0.237 e. The van der Waals surface area contributed by atoms with Crippen LogP contribution in [0.5, 0.6) is 0 Å². The normalized spacial score (nSPS) is 11.8. The number of amides is 1. The molecular weight excluding hydrogens is 290 g/mol. The highest BCUT2D eigenvalue weighted by atomic mass is 35.5. The molecule has 1 aromatic carbocycles. The van der Waals surface area contributed by atoms with E-state index in [0.717, 1.165) is 5.69 Å². The first-order valence-corrected chi connectivity index (χ1v) is 6.57. The van der Waals surface area contributed by atoms with Crippen molar-refractivity contribution in [3.63, 3.8) is 0 Å². The van der Waals surface area contributed by atoms with Crippen LogP contribution in [-0.4, -0.2) is 26.7 Å². The maximum Gasteiger partial charge on any atom is 0.237 e. The molecule has 2 rings (SSSR count). The van der Waals surface area contributed by atoms with Crippen molar-refractivity contribution in [2.24, 2.45) is 11.7 Å². The summed E-state index contributed by atoms with van der Waals surface area (Å²) in [6.07, 6.45) is 1.62. The van der Waals surface area contributed by atoms with Crippen molar-refractivity contribution >= 4 is 18.3 Å². The molecule has 2 aromatic rings. The predicted octanol–water partition coefficient (Wildman–Crippen LogP) is 1.29. The highest BCUT2D eigenvalue weighted by Crippen LogP contribution is 2.08. The molecule has 1 aromatic heterocycles. The lowest BCUT2D eigenvalue weighted by atomic mass is 10.1. The lowest BCUT2D eigenvalue weighted by Crippen LogP contribution is -2.43. The molecule has 3 N–H and O–H groups in total. The van der Waals surface area contributed by atoms with Crippen molar-refractivity contribution < 1.29 is 4.79 Å². The molecule has 0 saturated heterocycles. The molecule has 0 unspecified atom stereocenters. The number of nitrogens with two attached hydrogens (primary N) is 1. The second kappa shape index (κ2) is 7.75. The molecule has 1 heterocycles. The Bertz CT molecular complexity index is 570. The number of aromatic nitrogens is 3. The molecule has 0 bridgehead atoms. The first-order chi connectivity index (χ1) is 9.59. The van der Waals surface area contributed by atoms with Gasteiger partial charge in [0.15, 0.2) is 5.82 Å². The maximum atomic E-state index is 11.8. The number of nitrogens with one attached hydrogen (secondary N) is 1. The minimum absolute atomic E-state index is 0. The maximum absolute atomic E-state index is 11.8. The lowest BCUT2D eigenvalue weighted by Gasteiger charge is -2.15. The molecule has 0 fully saturated rings. The second-order valence-electron chi connectivity index (χ2n) is 4.94. The zero-order chi connectivity index (χ0) is 14.5. The fraction of sp³-hybridized carbons (Fsp3) is 0.357. The summed E-state index contributed by atoms with van der Waals surface area (Å²) in [5.74, 6) is 0.588. The van der Waals surface area contributed by atoms with Crippen molar-refractivity contribution in [2.45, 2.75) is 26.4 Å². The molecule has 0 aliphatic carbocycles. The van der Waals surface area contributed by atoms with Gasteiger partial charge in [0.2, 0.25) is 5.91 Å². The van der Waals surface area contributed by atoms with E-state index in [0.29, 0.717) is 12.4 Å². The van der Waals surface area contributed by atoms with Crippen LogP contribution in [0, 0.1) is 5.92 Å². The van der Waals surface area contributed by atoms with Crippen molar-refractivity contribution in [1.82, 2.24) is 20.1 Å². The van der Waals surface area contributed by atoms with Gasteiger partial charge in [-0.2, -0.15) is 0 Å². The molecule has 0 spiro atoms. The van der Waals surface area contributed by atoms with E-state index in [-0.39, 0.29) is 24.2 Å². The Hall–Kier alpha value is -1.92. The Kier molecular flexibility index (Phi) is 6.33. The molecule has 0 radical (unpaired) electrons. The third-order valence-corrected chi connectivity index (χ3v) is 3.09. The number of carbonyl (C=O) groups excluding carboxylic acids is 1. The summed E-state index contributed by atoms with van der Waals surface area (Å²) in [5, 5.41) is 10.7. The summed E-state index contributed by atoms with van der Waals surface area (Å²) in [6, 6.07) is 9.21. The van der Waals surface area contributed by atoms with Crippen LogP contribution in [0.15, 0.2) is 36.7 Å². The SMILES string of the molecule is CC(C)[C@H](N)C(=O)NCc1nncn1-c1ccccc1.Cl. The molecule has 114 valence electrons. The zero-order valence-corrected chi connectivity index (χ0v) is 12.9. The Balaban J connectivity index is 0.00000220. The second-order valence-corrected chi connectivity index (χ2v) is 4.94. The Morgan fingerprint density at radius 1 is 1.33 bits per heavy atom. The van der Waals surface area contributed by atoms with Gasteiger partial charge in [-0.1, -0.05) is 32.0 Å². The first-order valence-electron chi connectivity index (χ1n) is 6.57. The van der Waals surface area contributed by atoms with Gasteiger partial charge in [-0.05, 0) is 18.1 Å². The molecular formula is C14H20ClN5O. The van der Waals surface area contributed by atoms with Crippen molar-refractivity contribution in [2.75, 3.05) is 0 Å². The number of benzene rings is 1. The summed E-state index contributed by atoms with van der Waals surface area (Å²) in [5.41, 5.74) is 6.75. The van der Waals surface area contributed by atoms with Crippen LogP contribution in [0.2, 0.25) is 0 Å². The van der Waals surface area contributed by atoms with E-state index in [9.17, 15) is 4.79 Å². The van der Waals surface area contributed by atoms with Crippen molar-refractivity contribution in [3.05, 3.63) is 42.5 Å². The van der Waals surface area contributed by atoms with E-state index in [2.05, 4.69) is 15.5 Å². The van der Waals surface area contributed by atoms with E-state index in [4.69, 9.17) is 5.73 Å². The van der Waals surface area contributed by atoms with Gasteiger partial charge in [0.1, 0.15) is 6.33 Å². The van der Waals surface area contributed by atoms with Crippen LogP contribution in [0.4, 0.5) is 0 Å². The lowest BCUT2D eigenvalue weighted by molar-refractivity contribution is -0.123. The number of hydrogen-bond acceptors (Lipinski definition) is 4. The Morgan fingerprint density at radius 3 is 2.62 bits per heavy atom. The topological polar surface area (TPSA) is 85.8 Å². The first kappa shape index (κ1) is 17.1. The number of halogens is 1. The molecule has 7 heteroatoms. The molecule has 0 aliphatic heterocycles. The zero-order valence-electron chi connectivity index (χ0n) is 12.1. The fourth-order valence-electron chi connectivity index (χ4n) is 1.77. The van der Waals surface area contributed by atoms with E-state index in [1.165, 1.54) is 0 Å². The average molecular weight is 310 g/mol. The minimum atomic E-state index is -0.511. The fourth-order valence-corrected chi connectivity index (χ4v) is 1.77. The molecule has 6 nitrogen and oxygen atoms in total. The third kappa shape index (κ3) is 4.27. The quantitative estimate of drug-likeness (QED) is 0.871. The van der Waals surface area contributed by atoms with Gasteiger partial charge >= 0.3 is 0 Å². The van der Waals surface area contributed by atoms with Gasteiger partial charge in [0.05, 0.1) is 12.6 Å². The number of para-hydroxylation sites is 1. The van der Waals surface area contributed by atoms with Crippen molar-refractivity contribution in [3.8, 4) is 5.69 Å². The van der Waals surface area contributed by atoms with E-state index in [1.54, 1.807) is 6.33 Å². The highest BCUT2D eigenvalue weighted by Gasteiger charge is 2.17. The summed E-state index contributed by atoms with van der Waals surface area (Å²) in [6.45, 7) is 4.13. The third-order valence-electron chi connectivity index (χ3n) is 3.09. The molecule has 0 aliphatic rings. The number of hydrogen-bond donors (Lipinski definition) is 2. The summed E-state index contributed by atoms with van der Waals surface area (Å²) >= 11 is 0. The number of nitrogens with zero attached hydrogens (tertiary/aromatic N) is 3. The summed E-state index contributed by atoms with van der Waals surface area (Å²) < 4.78 is 1.83. The van der Waals surface area contributed by atoms with E-state index >= 15 is 0 Å². The van der Waals surface area contributed by atoms with Gasteiger partial charge in [-0.3, -0.25) is 9.36 Å². The van der Waals surface area contributed by atoms with Gasteiger partial charge < -0.3 is 11.1 Å². The monoisotopic (exact) mass is 309 g/mol. The number of rotatable bonds is 5. The van der Waals surface area contributed by atoms with Crippen molar-refractivity contribution in [1.29, 1.82) is 0 Å². The van der Waals surface area contributed by atoms with E-state index in [1.807, 2.05) is 48.7 Å². The van der Waals surface area contributed by atoms with Crippen LogP contribution in [-0.2, 0) is 11.3 Å². The van der Waals surface area contributed by atoms with Crippen LogP contribution in [0.3, 0.4) is 0 Å². The van der Waals surface area contributed by atoms with Gasteiger partial charge in [-0.15, -0.1) is 22.6 Å². The van der Waals surface area contributed by atoms with Crippen LogP contribution in [0.1, 0.15) is 19.7 Å². The standard InChI is InChI=1S/C14H19N5O.ClH/c1-10(2)13(15)14(20)16-8-12-18-17-9-19(12)11-6-4-3-5-7-11;/h3-7,9-10,13H,8,15H2,1-2H3,(H,16,20);1H/t13-;/m0./s1. The summed E-state index contributed by atoms with van der Waals surface area (Å²) in [7, 11) is 0. The van der Waals surface area contributed by atoms with Crippen LogP contribution < -0.4 is 11.1 Å². The molecule has 1 amide bonds. The predicted molar refractivity (Wildman–Crippen MR) is 83.3 cm³/mol. The molecule has 0 saturated carbocycles. The highest BCUT2D eigenvalue weighted by molar-refractivity contribution is 5.85. The average Bonchev–Trinajstić information content (AvgIpc) is 2.93. The number of carbonyl (C=O) groups is 1. The van der Waals surface area contributed by atoms with Crippen LogP contribution >= 0.6 is 12.4 Å². The van der Waals surface area contributed by atoms with Gasteiger partial charge in [0.25, 0.3) is 0 Å². The Labute approximate surface area is 130 Å².